The van der Waals surface area contributed by atoms with E-state index in [2.05, 4.69) is 20.0 Å². The first kappa shape index (κ1) is 18.6. The number of nitrogens with zero attached hydrogens (tertiary/aromatic N) is 2. The number of aromatic nitrogens is 2. The lowest BCUT2D eigenvalue weighted by atomic mass is 10.3. The number of nitrogens with one attached hydrogen (secondary N) is 2. The van der Waals surface area contributed by atoms with E-state index >= 15 is 0 Å². The number of hydrogen-bond donors (Lipinski definition) is 2. The van der Waals surface area contributed by atoms with E-state index in [0.717, 1.165) is 0 Å². The van der Waals surface area contributed by atoms with E-state index in [-0.39, 0.29) is 16.5 Å². The summed E-state index contributed by atoms with van der Waals surface area (Å²) in [4.78, 5) is 19.3. The first-order valence-corrected chi connectivity index (χ1v) is 9.05. The molecule has 132 valence electrons. The Labute approximate surface area is 147 Å². The zero-order valence-electron chi connectivity index (χ0n) is 14.5. The van der Waals surface area contributed by atoms with Crippen LogP contribution in [0.15, 0.2) is 47.0 Å². The van der Waals surface area contributed by atoms with E-state index in [1.807, 2.05) is 0 Å². The van der Waals surface area contributed by atoms with Gasteiger partial charge in [-0.05, 0) is 58.0 Å². The first-order chi connectivity index (χ1) is 11.7. The van der Waals surface area contributed by atoms with E-state index in [4.69, 9.17) is 0 Å². The summed E-state index contributed by atoms with van der Waals surface area (Å²) >= 11 is 0. The van der Waals surface area contributed by atoms with Gasteiger partial charge in [0.25, 0.3) is 10.0 Å². The molecule has 8 heteroatoms. The number of sulfonamides is 1. The topological polar surface area (TPSA) is 101 Å². The molecule has 0 aliphatic carbocycles. The third kappa shape index (κ3) is 5.39. The van der Waals surface area contributed by atoms with Crippen molar-refractivity contribution in [1.82, 2.24) is 9.97 Å². The Morgan fingerprint density at radius 1 is 1.08 bits per heavy atom. The van der Waals surface area contributed by atoms with Gasteiger partial charge >= 0.3 is 0 Å². The summed E-state index contributed by atoms with van der Waals surface area (Å²) in [6, 6.07) is 7.78. The highest BCUT2D eigenvalue weighted by Crippen LogP contribution is 2.18. The molecule has 0 aliphatic heterocycles. The third-order valence-corrected chi connectivity index (χ3v) is 4.50. The van der Waals surface area contributed by atoms with Crippen LogP contribution < -0.4 is 10.0 Å². The largest absolute Gasteiger partial charge is 0.359 e. The number of anilines is 2. The summed E-state index contributed by atoms with van der Waals surface area (Å²) in [5.74, 6) is 0.654. The van der Waals surface area contributed by atoms with Crippen LogP contribution in [0.2, 0.25) is 0 Å². The zero-order valence-corrected chi connectivity index (χ0v) is 15.3. The van der Waals surface area contributed by atoms with Crippen molar-refractivity contribution in [2.24, 2.45) is 0 Å². The molecule has 1 aromatic carbocycles. The molecule has 0 unspecified atom stereocenters. The second-order valence-electron chi connectivity index (χ2n) is 5.63. The van der Waals surface area contributed by atoms with Gasteiger partial charge in [0.2, 0.25) is 0 Å². The molecule has 1 aromatic heterocycles. The van der Waals surface area contributed by atoms with Crippen molar-refractivity contribution < 1.29 is 13.2 Å². The van der Waals surface area contributed by atoms with E-state index in [1.54, 1.807) is 39.0 Å². The fourth-order valence-corrected chi connectivity index (χ4v) is 3.24. The van der Waals surface area contributed by atoms with Crippen molar-refractivity contribution in [3.05, 3.63) is 53.6 Å². The minimum atomic E-state index is -3.75. The van der Waals surface area contributed by atoms with Crippen molar-refractivity contribution in [2.75, 3.05) is 10.0 Å². The average molecular weight is 360 g/mol. The van der Waals surface area contributed by atoms with Crippen LogP contribution in [0.5, 0.6) is 0 Å². The van der Waals surface area contributed by atoms with Crippen LogP contribution in [-0.4, -0.2) is 24.2 Å². The molecule has 2 rings (SSSR count). The van der Waals surface area contributed by atoms with Gasteiger partial charge in [-0.1, -0.05) is 0 Å². The Hall–Kier alpha value is -2.74. The molecule has 1 heterocycles. The number of carbonyl (C=O) groups is 1. The summed E-state index contributed by atoms with van der Waals surface area (Å²) in [6.45, 7) is 6.68. The van der Waals surface area contributed by atoms with Crippen LogP contribution in [-0.2, 0) is 14.8 Å². The van der Waals surface area contributed by atoms with Gasteiger partial charge in [0.05, 0.1) is 4.90 Å². The average Bonchev–Trinajstić information content (AvgIpc) is 2.45. The van der Waals surface area contributed by atoms with Gasteiger partial charge in [0, 0.05) is 23.1 Å². The Morgan fingerprint density at radius 2 is 1.72 bits per heavy atom. The molecule has 0 atom stereocenters. The summed E-state index contributed by atoms with van der Waals surface area (Å²) in [7, 11) is -3.75. The maximum absolute atomic E-state index is 12.5. The first-order valence-electron chi connectivity index (χ1n) is 7.57. The number of benzene rings is 1. The number of aryl methyl sites for hydroxylation is 2. The van der Waals surface area contributed by atoms with Crippen LogP contribution in [0.25, 0.3) is 0 Å². The van der Waals surface area contributed by atoms with Gasteiger partial charge in [0.15, 0.2) is 5.78 Å². The number of allylic oxidation sites excluding steroid dienone is 2. The molecule has 0 fully saturated rings. The lowest BCUT2D eigenvalue weighted by Crippen LogP contribution is -2.14. The Balaban J connectivity index is 2.18. The summed E-state index contributed by atoms with van der Waals surface area (Å²) in [5, 5.41) is 3.02. The minimum absolute atomic E-state index is 0.0659. The molecule has 2 N–H and O–H groups in total. The molecule has 0 saturated heterocycles. The van der Waals surface area contributed by atoms with Crippen molar-refractivity contribution in [1.29, 1.82) is 0 Å². The summed E-state index contributed by atoms with van der Waals surface area (Å²) in [6.07, 6.45) is 1.46. The quantitative estimate of drug-likeness (QED) is 0.768. The SMILES string of the molecule is CC(=O)/C=C(\C)Nc1ccc(S(=O)(=O)Nc2cc(C)nc(C)n2)cc1. The summed E-state index contributed by atoms with van der Waals surface area (Å²) in [5.41, 5.74) is 2.04. The van der Waals surface area contributed by atoms with Crippen molar-refractivity contribution in [3.63, 3.8) is 0 Å². The van der Waals surface area contributed by atoms with E-state index in [9.17, 15) is 13.2 Å². The molecule has 0 aliphatic rings. The third-order valence-electron chi connectivity index (χ3n) is 3.13. The number of hydrogen-bond acceptors (Lipinski definition) is 6. The molecule has 7 nitrogen and oxygen atoms in total. The highest BCUT2D eigenvalue weighted by atomic mass is 32.2. The van der Waals surface area contributed by atoms with E-state index < -0.39 is 10.0 Å². The van der Waals surface area contributed by atoms with E-state index in [1.165, 1.54) is 25.1 Å². The predicted octanol–water partition coefficient (Wildman–Crippen LogP) is 2.80. The van der Waals surface area contributed by atoms with Crippen LogP contribution in [0.3, 0.4) is 0 Å². The van der Waals surface area contributed by atoms with Crippen molar-refractivity contribution in [3.8, 4) is 0 Å². The standard InChI is InChI=1S/C17H20N4O3S/c1-11(9-13(3)22)19-15-5-7-16(8-6-15)25(23,24)21-17-10-12(2)18-14(4)20-17/h5-10,19H,1-4H3,(H,18,20,21)/b11-9+. The molecule has 0 amide bonds. The van der Waals surface area contributed by atoms with E-state index in [0.29, 0.717) is 22.9 Å². The second kappa shape index (κ2) is 7.43. The number of carbonyl (C=O) groups excluding carboxylic acids is 1. The predicted molar refractivity (Wildman–Crippen MR) is 96.8 cm³/mol. The fourth-order valence-electron chi connectivity index (χ4n) is 2.25. The molecule has 25 heavy (non-hydrogen) atoms. The van der Waals surface area contributed by atoms with Gasteiger partial charge in [-0.25, -0.2) is 18.4 Å². The molecular weight excluding hydrogens is 340 g/mol. The maximum atomic E-state index is 12.5. The molecule has 0 radical (unpaired) electrons. The van der Waals surface area contributed by atoms with Crippen molar-refractivity contribution in [2.45, 2.75) is 32.6 Å². The minimum Gasteiger partial charge on any atom is -0.359 e. The van der Waals surface area contributed by atoms with Crippen LogP contribution in [0, 0.1) is 13.8 Å². The number of ketones is 1. The summed E-state index contributed by atoms with van der Waals surface area (Å²) < 4.78 is 27.4. The van der Waals surface area contributed by atoms with Gasteiger partial charge in [-0.2, -0.15) is 0 Å². The highest BCUT2D eigenvalue weighted by molar-refractivity contribution is 7.92. The van der Waals surface area contributed by atoms with Crippen molar-refractivity contribution >= 4 is 27.3 Å². The van der Waals surface area contributed by atoms with Crippen LogP contribution in [0.4, 0.5) is 11.5 Å². The van der Waals surface area contributed by atoms with Crippen LogP contribution in [0.1, 0.15) is 25.4 Å². The smallest absolute Gasteiger partial charge is 0.263 e. The maximum Gasteiger partial charge on any atom is 0.263 e. The lowest BCUT2D eigenvalue weighted by Gasteiger charge is -2.10. The molecular formula is C17H20N4O3S. The monoisotopic (exact) mass is 360 g/mol. The molecule has 0 spiro atoms. The molecule has 0 bridgehead atoms. The lowest BCUT2D eigenvalue weighted by molar-refractivity contribution is -0.112. The zero-order chi connectivity index (χ0) is 18.6. The van der Waals surface area contributed by atoms with Crippen LogP contribution >= 0.6 is 0 Å². The van der Waals surface area contributed by atoms with Gasteiger partial charge < -0.3 is 5.32 Å². The highest BCUT2D eigenvalue weighted by Gasteiger charge is 2.15. The molecule has 0 saturated carbocycles. The Bertz CT molecular complexity index is 899. The normalized spacial score (nSPS) is 11.9. The van der Waals surface area contributed by atoms with Gasteiger partial charge in [0.1, 0.15) is 11.6 Å². The second-order valence-corrected chi connectivity index (χ2v) is 7.32. The van der Waals surface area contributed by atoms with Gasteiger partial charge in [-0.3, -0.25) is 9.52 Å². The number of rotatable bonds is 6. The fraction of sp³-hybridized carbons (Fsp3) is 0.235. The Morgan fingerprint density at radius 3 is 2.28 bits per heavy atom. The molecule has 2 aromatic rings. The van der Waals surface area contributed by atoms with Gasteiger partial charge in [-0.15, -0.1) is 0 Å². The Kier molecular flexibility index (Phi) is 5.53.